The van der Waals surface area contributed by atoms with Gasteiger partial charge in [0.25, 0.3) is 5.56 Å². The van der Waals surface area contributed by atoms with E-state index < -0.39 is 5.97 Å². The third-order valence-electron chi connectivity index (χ3n) is 5.92. The standard InChI is InChI=1S/C27H21N3O3/c1-17(15-22-25-18(12-14-28-22)8-6-13-29-25)23-16-19-7-5-11-21(27(32)33)24(19)26(31)30(23)20-9-3-2-4-10-20/h2-14,16-17H,15H2,1H3,(H,32,33)/t17-/m1/s1. The minimum atomic E-state index is -1.12. The van der Waals surface area contributed by atoms with Crippen LogP contribution in [0.15, 0.2) is 90.0 Å². The average Bonchev–Trinajstić information content (AvgIpc) is 2.84. The molecule has 0 amide bonds. The maximum atomic E-state index is 13.7. The number of carboxylic acids is 1. The lowest BCUT2D eigenvalue weighted by molar-refractivity contribution is 0.0699. The summed E-state index contributed by atoms with van der Waals surface area (Å²) in [5, 5.41) is 11.5. The molecule has 1 N–H and O–H groups in total. The smallest absolute Gasteiger partial charge is 0.336 e. The number of nitrogens with zero attached hydrogens (tertiary/aromatic N) is 3. The third kappa shape index (κ3) is 3.65. The molecule has 0 spiro atoms. The number of aromatic nitrogens is 3. The van der Waals surface area contributed by atoms with Crippen molar-refractivity contribution in [3.63, 3.8) is 0 Å². The molecule has 0 aliphatic carbocycles. The van der Waals surface area contributed by atoms with Crippen LogP contribution in [0, 0.1) is 0 Å². The molecular weight excluding hydrogens is 414 g/mol. The fourth-order valence-corrected chi connectivity index (χ4v) is 4.37. The number of carbonyl (C=O) groups is 1. The van der Waals surface area contributed by atoms with Gasteiger partial charge in [0.1, 0.15) is 0 Å². The molecule has 0 unspecified atom stereocenters. The summed E-state index contributed by atoms with van der Waals surface area (Å²) in [6, 6.07) is 22.0. The average molecular weight is 435 g/mol. The van der Waals surface area contributed by atoms with E-state index in [1.54, 1.807) is 29.1 Å². The van der Waals surface area contributed by atoms with E-state index >= 15 is 0 Å². The molecule has 162 valence electrons. The number of benzene rings is 2. The molecule has 0 bridgehead atoms. The Bertz CT molecular complexity index is 1550. The number of pyridine rings is 3. The molecular formula is C27H21N3O3. The zero-order valence-electron chi connectivity index (χ0n) is 18.0. The quantitative estimate of drug-likeness (QED) is 0.421. The lowest BCUT2D eigenvalue weighted by Crippen LogP contribution is -2.25. The van der Waals surface area contributed by atoms with E-state index in [0.29, 0.717) is 17.5 Å². The first-order chi connectivity index (χ1) is 16.0. The highest BCUT2D eigenvalue weighted by Gasteiger charge is 2.21. The molecule has 3 aromatic heterocycles. The highest BCUT2D eigenvalue weighted by Crippen LogP contribution is 2.27. The van der Waals surface area contributed by atoms with Gasteiger partial charge in [0, 0.05) is 35.1 Å². The van der Waals surface area contributed by atoms with Crippen LogP contribution in [0.1, 0.15) is 34.6 Å². The Balaban J connectivity index is 1.73. The summed E-state index contributed by atoms with van der Waals surface area (Å²) in [7, 11) is 0. The van der Waals surface area contributed by atoms with Gasteiger partial charge in [0.2, 0.25) is 0 Å². The van der Waals surface area contributed by atoms with E-state index in [-0.39, 0.29) is 22.4 Å². The first-order valence-corrected chi connectivity index (χ1v) is 10.7. The Morgan fingerprint density at radius 2 is 1.73 bits per heavy atom. The number of para-hydroxylation sites is 1. The summed E-state index contributed by atoms with van der Waals surface area (Å²) in [5.41, 5.74) is 2.83. The van der Waals surface area contributed by atoms with Gasteiger partial charge >= 0.3 is 5.97 Å². The molecule has 5 aromatic rings. The van der Waals surface area contributed by atoms with Crippen molar-refractivity contribution in [1.29, 1.82) is 0 Å². The van der Waals surface area contributed by atoms with E-state index in [0.717, 1.165) is 22.3 Å². The van der Waals surface area contributed by atoms with Crippen LogP contribution >= 0.6 is 0 Å². The van der Waals surface area contributed by atoms with E-state index in [1.165, 1.54) is 6.07 Å². The van der Waals surface area contributed by atoms with E-state index in [4.69, 9.17) is 0 Å². The lowest BCUT2D eigenvalue weighted by Gasteiger charge is -2.20. The van der Waals surface area contributed by atoms with Crippen molar-refractivity contribution in [2.75, 3.05) is 0 Å². The zero-order chi connectivity index (χ0) is 22.9. The first-order valence-electron chi connectivity index (χ1n) is 10.7. The molecule has 33 heavy (non-hydrogen) atoms. The van der Waals surface area contributed by atoms with Crippen LogP contribution in [0.25, 0.3) is 27.4 Å². The Morgan fingerprint density at radius 3 is 2.52 bits per heavy atom. The molecule has 0 radical (unpaired) electrons. The largest absolute Gasteiger partial charge is 0.478 e. The number of rotatable bonds is 5. The van der Waals surface area contributed by atoms with Gasteiger partial charge in [-0.1, -0.05) is 43.3 Å². The van der Waals surface area contributed by atoms with Gasteiger partial charge in [0.05, 0.1) is 22.2 Å². The summed E-state index contributed by atoms with van der Waals surface area (Å²) < 4.78 is 1.62. The van der Waals surface area contributed by atoms with E-state index in [2.05, 4.69) is 9.97 Å². The van der Waals surface area contributed by atoms with Crippen LogP contribution < -0.4 is 5.56 Å². The van der Waals surface area contributed by atoms with Crippen LogP contribution in [0.4, 0.5) is 0 Å². The minimum absolute atomic E-state index is 0.00121. The summed E-state index contributed by atoms with van der Waals surface area (Å²) in [5.74, 6) is -1.21. The van der Waals surface area contributed by atoms with Crippen LogP contribution in [-0.2, 0) is 6.42 Å². The van der Waals surface area contributed by atoms with Gasteiger partial charge in [0.15, 0.2) is 0 Å². The van der Waals surface area contributed by atoms with Crippen molar-refractivity contribution in [3.05, 3.63) is 112 Å². The molecule has 5 rings (SSSR count). The SMILES string of the molecule is C[C@H](Cc1nccc2cccnc12)c1cc2cccc(C(=O)O)c2c(=O)n1-c1ccccc1. The van der Waals surface area contributed by atoms with Crippen molar-refractivity contribution in [3.8, 4) is 5.69 Å². The number of hydrogen-bond acceptors (Lipinski definition) is 4. The topological polar surface area (TPSA) is 85.1 Å². The molecule has 0 saturated carbocycles. The Morgan fingerprint density at radius 1 is 0.939 bits per heavy atom. The van der Waals surface area contributed by atoms with Crippen molar-refractivity contribution in [2.45, 2.75) is 19.3 Å². The minimum Gasteiger partial charge on any atom is -0.478 e. The maximum absolute atomic E-state index is 13.7. The molecule has 1 atom stereocenters. The van der Waals surface area contributed by atoms with E-state index in [1.807, 2.05) is 61.5 Å². The van der Waals surface area contributed by atoms with Crippen molar-refractivity contribution in [1.82, 2.24) is 14.5 Å². The third-order valence-corrected chi connectivity index (χ3v) is 5.92. The Labute approximate surface area is 189 Å². The molecule has 0 fully saturated rings. The van der Waals surface area contributed by atoms with Crippen LogP contribution in [0.3, 0.4) is 0 Å². The highest BCUT2D eigenvalue weighted by atomic mass is 16.4. The Hall–Kier alpha value is -4.32. The van der Waals surface area contributed by atoms with Crippen LogP contribution in [0.2, 0.25) is 0 Å². The van der Waals surface area contributed by atoms with Gasteiger partial charge in [-0.2, -0.15) is 0 Å². The number of fused-ring (bicyclic) bond motifs is 2. The molecule has 3 heterocycles. The maximum Gasteiger partial charge on any atom is 0.336 e. The summed E-state index contributed by atoms with van der Waals surface area (Å²) in [6.07, 6.45) is 4.10. The summed E-state index contributed by atoms with van der Waals surface area (Å²) in [4.78, 5) is 34.6. The van der Waals surface area contributed by atoms with Crippen molar-refractivity contribution >= 4 is 27.6 Å². The van der Waals surface area contributed by atoms with Gasteiger partial charge in [-0.05, 0) is 48.2 Å². The molecule has 0 aliphatic rings. The van der Waals surface area contributed by atoms with Gasteiger partial charge in [-0.25, -0.2) is 4.79 Å². The van der Waals surface area contributed by atoms with E-state index in [9.17, 15) is 14.7 Å². The van der Waals surface area contributed by atoms with Crippen molar-refractivity contribution < 1.29 is 9.90 Å². The normalized spacial score (nSPS) is 12.2. The van der Waals surface area contributed by atoms with Crippen LogP contribution in [-0.4, -0.2) is 25.6 Å². The summed E-state index contributed by atoms with van der Waals surface area (Å²) >= 11 is 0. The fourth-order valence-electron chi connectivity index (χ4n) is 4.37. The van der Waals surface area contributed by atoms with Crippen LogP contribution in [0.5, 0.6) is 0 Å². The second-order valence-electron chi connectivity index (χ2n) is 8.06. The predicted molar refractivity (Wildman–Crippen MR) is 128 cm³/mol. The molecule has 2 aromatic carbocycles. The molecule has 0 saturated heterocycles. The highest BCUT2D eigenvalue weighted by molar-refractivity contribution is 6.03. The first kappa shape index (κ1) is 20.6. The van der Waals surface area contributed by atoms with Gasteiger partial charge in [-0.3, -0.25) is 19.3 Å². The lowest BCUT2D eigenvalue weighted by atomic mass is 9.96. The molecule has 0 aliphatic heterocycles. The van der Waals surface area contributed by atoms with Gasteiger partial charge < -0.3 is 5.11 Å². The second-order valence-corrected chi connectivity index (χ2v) is 8.06. The summed E-state index contributed by atoms with van der Waals surface area (Å²) in [6.45, 7) is 2.05. The molecule has 6 nitrogen and oxygen atoms in total. The number of hydrogen-bond donors (Lipinski definition) is 1. The molecule has 6 heteroatoms. The predicted octanol–water partition coefficient (Wildman–Crippen LogP) is 4.98. The number of carboxylic acid groups (broad SMARTS) is 1. The monoisotopic (exact) mass is 435 g/mol. The fraction of sp³-hybridized carbons (Fsp3) is 0.111. The second kappa shape index (κ2) is 8.31. The zero-order valence-corrected chi connectivity index (χ0v) is 18.0. The Kier molecular flexibility index (Phi) is 5.18. The number of aromatic carboxylic acids is 1. The van der Waals surface area contributed by atoms with Crippen molar-refractivity contribution in [2.24, 2.45) is 0 Å². The van der Waals surface area contributed by atoms with Gasteiger partial charge in [-0.15, -0.1) is 0 Å².